The molecule has 2 aromatic rings. The van der Waals surface area contributed by atoms with Crippen molar-refractivity contribution in [3.05, 3.63) is 65.2 Å². The Morgan fingerprint density at radius 3 is 2.58 bits per heavy atom. The second kappa shape index (κ2) is 10.7. The van der Waals surface area contributed by atoms with Crippen molar-refractivity contribution in [2.45, 2.75) is 69.9 Å². The summed E-state index contributed by atoms with van der Waals surface area (Å²) in [6.07, 6.45) is 2.25. The fourth-order valence-electron chi connectivity index (χ4n) is 4.71. The van der Waals surface area contributed by atoms with E-state index in [9.17, 15) is 9.59 Å². The van der Waals surface area contributed by atoms with Crippen LogP contribution in [0, 0.1) is 5.41 Å². The molecule has 0 bridgehead atoms. The number of aryl methyl sites for hydroxylation is 1. The van der Waals surface area contributed by atoms with Crippen LogP contribution in [0.1, 0.15) is 49.8 Å². The largest absolute Gasteiger partial charge is 0.487 e. The predicted octanol–water partition coefficient (Wildman–Crippen LogP) is 4.09. The second-order valence-electron chi connectivity index (χ2n) is 9.83. The standard InChI is InChI=1S/C28H35N3O5/c1-18(32)28(2,34-4)25-13-11-20-14-21(10-12-24(20)36-25)26(29)30-22-15-23(16-22)31(3)27(33)35-17-19-8-6-5-7-9-19/h5-10,12,14,22-23,25H,11,13,15-17H2,1-4H3,(H2,29,30)/t22-,23+,25-,28-/m1/s1. The summed E-state index contributed by atoms with van der Waals surface area (Å²) >= 11 is 0. The molecule has 2 aliphatic rings. The number of carbonyl (C=O) groups excluding carboxylic acids is 2. The fourth-order valence-corrected chi connectivity index (χ4v) is 4.71. The van der Waals surface area contributed by atoms with Crippen LogP contribution in [0.5, 0.6) is 5.75 Å². The number of ether oxygens (including phenoxy) is 3. The fraction of sp³-hybridized carbons (Fsp3) is 0.464. The Balaban J connectivity index is 1.26. The highest BCUT2D eigenvalue weighted by Gasteiger charge is 2.42. The summed E-state index contributed by atoms with van der Waals surface area (Å²) in [6, 6.07) is 15.5. The van der Waals surface area contributed by atoms with Gasteiger partial charge in [-0.1, -0.05) is 30.3 Å². The van der Waals surface area contributed by atoms with E-state index >= 15 is 0 Å². The quantitative estimate of drug-likeness (QED) is 0.424. The molecule has 4 rings (SSSR count). The summed E-state index contributed by atoms with van der Waals surface area (Å²) in [4.78, 5) is 26.1. The molecule has 36 heavy (non-hydrogen) atoms. The lowest BCUT2D eigenvalue weighted by Gasteiger charge is -2.41. The molecule has 1 aliphatic heterocycles. The molecule has 2 aromatic carbocycles. The van der Waals surface area contributed by atoms with Crippen molar-refractivity contribution >= 4 is 17.7 Å². The minimum Gasteiger partial charge on any atom is -0.487 e. The van der Waals surface area contributed by atoms with Crippen molar-refractivity contribution in [3.63, 3.8) is 0 Å². The van der Waals surface area contributed by atoms with E-state index in [2.05, 4.69) is 5.32 Å². The van der Waals surface area contributed by atoms with E-state index < -0.39 is 5.60 Å². The number of nitrogens with zero attached hydrogens (tertiary/aromatic N) is 1. The molecule has 0 saturated heterocycles. The van der Waals surface area contributed by atoms with Gasteiger partial charge in [-0.15, -0.1) is 0 Å². The van der Waals surface area contributed by atoms with E-state index in [1.807, 2.05) is 48.5 Å². The molecular weight excluding hydrogens is 458 g/mol. The first-order valence-electron chi connectivity index (χ1n) is 12.4. The monoisotopic (exact) mass is 493 g/mol. The number of ketones is 1. The molecule has 1 amide bonds. The highest BCUT2D eigenvalue weighted by atomic mass is 16.6. The first kappa shape index (κ1) is 25.7. The minimum atomic E-state index is -0.980. The van der Waals surface area contributed by atoms with Crippen LogP contribution >= 0.6 is 0 Å². The van der Waals surface area contributed by atoms with Crippen LogP contribution in [-0.4, -0.2) is 60.6 Å². The lowest BCUT2D eigenvalue weighted by Crippen LogP contribution is -2.54. The number of nitrogens with one attached hydrogen (secondary N) is 2. The van der Waals surface area contributed by atoms with Gasteiger partial charge in [0.1, 0.15) is 24.3 Å². The van der Waals surface area contributed by atoms with E-state index in [0.29, 0.717) is 12.3 Å². The Labute approximate surface area is 212 Å². The van der Waals surface area contributed by atoms with Crippen LogP contribution < -0.4 is 10.1 Å². The highest BCUT2D eigenvalue weighted by Crippen LogP contribution is 2.34. The average molecular weight is 494 g/mol. The summed E-state index contributed by atoms with van der Waals surface area (Å²) in [5, 5.41) is 11.8. The lowest BCUT2D eigenvalue weighted by molar-refractivity contribution is -0.149. The normalized spacial score (nSPS) is 22.2. The number of methoxy groups -OCH3 is 1. The van der Waals surface area contributed by atoms with Gasteiger partial charge in [0.2, 0.25) is 0 Å². The number of amidine groups is 1. The zero-order valence-electron chi connectivity index (χ0n) is 21.4. The summed E-state index contributed by atoms with van der Waals surface area (Å²) < 4.78 is 17.0. The Morgan fingerprint density at radius 2 is 1.92 bits per heavy atom. The van der Waals surface area contributed by atoms with Gasteiger partial charge in [0.05, 0.1) is 0 Å². The molecule has 0 spiro atoms. The van der Waals surface area contributed by atoms with Gasteiger partial charge >= 0.3 is 6.09 Å². The third-order valence-electron chi connectivity index (χ3n) is 7.53. The molecular formula is C28H35N3O5. The zero-order valence-corrected chi connectivity index (χ0v) is 21.4. The number of amides is 1. The lowest BCUT2D eigenvalue weighted by atomic mass is 9.85. The van der Waals surface area contributed by atoms with E-state index in [0.717, 1.165) is 41.7 Å². The molecule has 8 nitrogen and oxygen atoms in total. The first-order valence-corrected chi connectivity index (χ1v) is 12.4. The number of Topliss-reactive ketones (excluding diaryl/α,β-unsaturated/α-hetero) is 1. The van der Waals surface area contributed by atoms with Gasteiger partial charge in [0, 0.05) is 31.8 Å². The Kier molecular flexibility index (Phi) is 7.64. The van der Waals surface area contributed by atoms with Crippen LogP contribution in [0.25, 0.3) is 0 Å². The van der Waals surface area contributed by atoms with Crippen molar-refractivity contribution in [2.24, 2.45) is 0 Å². The zero-order chi connectivity index (χ0) is 25.9. The molecule has 1 fully saturated rings. The van der Waals surface area contributed by atoms with E-state index in [-0.39, 0.29) is 36.7 Å². The maximum atomic E-state index is 12.4. The van der Waals surface area contributed by atoms with E-state index in [4.69, 9.17) is 19.6 Å². The number of carbonyl (C=O) groups is 2. The van der Waals surface area contributed by atoms with Gasteiger partial charge in [-0.25, -0.2) is 4.79 Å². The maximum absolute atomic E-state index is 12.4. The number of benzene rings is 2. The van der Waals surface area contributed by atoms with Crippen LogP contribution in [0.3, 0.4) is 0 Å². The predicted molar refractivity (Wildman–Crippen MR) is 136 cm³/mol. The molecule has 2 atom stereocenters. The van der Waals surface area contributed by atoms with Crippen molar-refractivity contribution in [2.75, 3.05) is 14.2 Å². The minimum absolute atomic E-state index is 0.0602. The maximum Gasteiger partial charge on any atom is 0.410 e. The molecule has 2 N–H and O–H groups in total. The average Bonchev–Trinajstić information content (AvgIpc) is 2.87. The van der Waals surface area contributed by atoms with Crippen molar-refractivity contribution in [1.29, 1.82) is 5.41 Å². The SMILES string of the molecule is CO[C@](C)(C(C)=O)[C@H]1CCc2cc(C(=N)N[C@H]3C[C@@H](N(C)C(=O)OCc4ccccc4)C3)ccc2O1. The van der Waals surface area contributed by atoms with Crippen LogP contribution in [-0.2, 0) is 27.3 Å². The third-order valence-corrected chi connectivity index (χ3v) is 7.53. The smallest absolute Gasteiger partial charge is 0.410 e. The Bertz CT molecular complexity index is 1120. The number of hydrogen-bond acceptors (Lipinski definition) is 6. The van der Waals surface area contributed by atoms with Gasteiger partial charge in [0.25, 0.3) is 0 Å². The molecule has 0 aromatic heterocycles. The van der Waals surface area contributed by atoms with Gasteiger partial charge in [-0.3, -0.25) is 10.2 Å². The number of fused-ring (bicyclic) bond motifs is 1. The molecule has 8 heteroatoms. The van der Waals surface area contributed by atoms with Crippen LogP contribution in [0.4, 0.5) is 4.79 Å². The molecule has 1 saturated carbocycles. The summed E-state index contributed by atoms with van der Waals surface area (Å²) in [5.41, 5.74) is 1.78. The van der Waals surface area contributed by atoms with Crippen molar-refractivity contribution in [1.82, 2.24) is 10.2 Å². The Hall–Kier alpha value is -3.39. The van der Waals surface area contributed by atoms with Crippen LogP contribution in [0.15, 0.2) is 48.5 Å². The Morgan fingerprint density at radius 1 is 1.19 bits per heavy atom. The highest BCUT2D eigenvalue weighted by molar-refractivity contribution is 5.97. The van der Waals surface area contributed by atoms with Crippen molar-refractivity contribution < 1.29 is 23.8 Å². The van der Waals surface area contributed by atoms with Gasteiger partial charge in [-0.05, 0) is 68.9 Å². The summed E-state index contributed by atoms with van der Waals surface area (Å²) in [6.45, 7) is 3.55. The van der Waals surface area contributed by atoms with Gasteiger partial charge in [-0.2, -0.15) is 0 Å². The number of rotatable bonds is 8. The van der Waals surface area contributed by atoms with Crippen molar-refractivity contribution in [3.8, 4) is 5.75 Å². The molecule has 1 aliphatic carbocycles. The summed E-state index contributed by atoms with van der Waals surface area (Å²) in [5.74, 6) is 1.02. The molecule has 1 heterocycles. The van der Waals surface area contributed by atoms with Gasteiger partial charge < -0.3 is 24.4 Å². The van der Waals surface area contributed by atoms with Gasteiger partial charge in [0.15, 0.2) is 11.4 Å². The summed E-state index contributed by atoms with van der Waals surface area (Å²) in [7, 11) is 3.30. The van der Waals surface area contributed by atoms with E-state index in [1.165, 1.54) is 14.0 Å². The van der Waals surface area contributed by atoms with E-state index in [1.54, 1.807) is 18.9 Å². The molecule has 192 valence electrons. The molecule has 0 unspecified atom stereocenters. The topological polar surface area (TPSA) is 101 Å². The number of hydrogen-bond donors (Lipinski definition) is 2. The van der Waals surface area contributed by atoms with Crippen LogP contribution in [0.2, 0.25) is 0 Å². The second-order valence-corrected chi connectivity index (χ2v) is 9.83. The third kappa shape index (κ3) is 5.38. The molecule has 0 radical (unpaired) electrons. The first-order chi connectivity index (χ1) is 17.2.